The molecule has 2 unspecified atom stereocenters. The van der Waals surface area contributed by atoms with Crippen molar-refractivity contribution < 1.29 is 13.5 Å². The molecule has 3 N–H and O–H groups in total. The van der Waals surface area contributed by atoms with E-state index in [1.807, 2.05) is 20.8 Å². The molecule has 0 saturated heterocycles. The van der Waals surface area contributed by atoms with Crippen LogP contribution in [0.15, 0.2) is 29.2 Å². The molecule has 0 fully saturated rings. The lowest BCUT2D eigenvalue weighted by Crippen LogP contribution is -2.26. The van der Waals surface area contributed by atoms with Gasteiger partial charge < -0.3 is 10.4 Å². The zero-order valence-electron chi connectivity index (χ0n) is 12.3. The van der Waals surface area contributed by atoms with Crippen molar-refractivity contribution in [2.45, 2.75) is 38.1 Å². The van der Waals surface area contributed by atoms with Gasteiger partial charge in [-0.1, -0.05) is 13.8 Å². The van der Waals surface area contributed by atoms with Crippen molar-refractivity contribution in [1.82, 2.24) is 4.72 Å². The Bertz CT molecular complexity index is 500. The summed E-state index contributed by atoms with van der Waals surface area (Å²) in [6.07, 6.45) is 0.759. The Labute approximate surface area is 121 Å². The van der Waals surface area contributed by atoms with E-state index in [0.717, 1.165) is 12.1 Å². The summed E-state index contributed by atoms with van der Waals surface area (Å²) in [5.74, 6) is 0.129. The largest absolute Gasteiger partial charge is 0.396 e. The van der Waals surface area contributed by atoms with E-state index in [9.17, 15) is 8.42 Å². The van der Waals surface area contributed by atoms with E-state index >= 15 is 0 Å². The minimum Gasteiger partial charge on any atom is -0.396 e. The molecule has 5 nitrogen and oxygen atoms in total. The molecule has 20 heavy (non-hydrogen) atoms. The summed E-state index contributed by atoms with van der Waals surface area (Å²) >= 11 is 0. The lowest BCUT2D eigenvalue weighted by Gasteiger charge is -2.20. The van der Waals surface area contributed by atoms with Crippen molar-refractivity contribution >= 4 is 15.7 Å². The quantitative estimate of drug-likeness (QED) is 0.684. The average Bonchev–Trinajstić information content (AvgIpc) is 2.44. The van der Waals surface area contributed by atoms with Gasteiger partial charge in [0.2, 0.25) is 10.0 Å². The Morgan fingerprint density at radius 2 is 1.80 bits per heavy atom. The zero-order chi connectivity index (χ0) is 15.2. The maximum Gasteiger partial charge on any atom is 0.240 e. The van der Waals surface area contributed by atoms with Crippen LogP contribution in [0.5, 0.6) is 0 Å². The molecule has 0 amide bonds. The van der Waals surface area contributed by atoms with Gasteiger partial charge in [0.1, 0.15) is 0 Å². The smallest absolute Gasteiger partial charge is 0.240 e. The van der Waals surface area contributed by atoms with Crippen LogP contribution in [0.2, 0.25) is 0 Å². The molecule has 114 valence electrons. The maximum atomic E-state index is 11.9. The highest BCUT2D eigenvalue weighted by atomic mass is 32.2. The number of hydrogen-bond acceptors (Lipinski definition) is 4. The minimum absolute atomic E-state index is 0.112. The van der Waals surface area contributed by atoms with Crippen LogP contribution in [0.1, 0.15) is 27.2 Å². The highest BCUT2D eigenvalue weighted by Gasteiger charge is 2.14. The molecule has 2 atom stereocenters. The summed E-state index contributed by atoms with van der Waals surface area (Å²) in [5.41, 5.74) is 0.840. The highest BCUT2D eigenvalue weighted by Crippen LogP contribution is 2.16. The van der Waals surface area contributed by atoms with Gasteiger partial charge in [-0.25, -0.2) is 13.1 Å². The minimum atomic E-state index is -3.41. The van der Waals surface area contributed by atoms with Crippen LogP contribution in [-0.4, -0.2) is 32.7 Å². The first-order valence-corrected chi connectivity index (χ1v) is 8.36. The van der Waals surface area contributed by atoms with Gasteiger partial charge in [0.15, 0.2) is 0 Å². The Kier molecular flexibility index (Phi) is 6.45. The van der Waals surface area contributed by atoms with Crippen molar-refractivity contribution in [2.24, 2.45) is 5.92 Å². The Hall–Kier alpha value is -1.11. The van der Waals surface area contributed by atoms with Crippen molar-refractivity contribution in [1.29, 1.82) is 0 Å². The molecule has 0 bridgehead atoms. The number of rotatable bonds is 8. The monoisotopic (exact) mass is 300 g/mol. The second kappa shape index (κ2) is 7.61. The number of hydrogen-bond donors (Lipinski definition) is 3. The van der Waals surface area contributed by atoms with E-state index < -0.39 is 10.0 Å². The molecule has 0 aliphatic rings. The van der Waals surface area contributed by atoms with Crippen molar-refractivity contribution in [3.63, 3.8) is 0 Å². The van der Waals surface area contributed by atoms with Gasteiger partial charge in [0.05, 0.1) is 4.90 Å². The van der Waals surface area contributed by atoms with Crippen LogP contribution in [0, 0.1) is 5.92 Å². The van der Waals surface area contributed by atoms with Crippen molar-refractivity contribution in [3.05, 3.63) is 24.3 Å². The average molecular weight is 300 g/mol. The lowest BCUT2D eigenvalue weighted by molar-refractivity contribution is 0.226. The summed E-state index contributed by atoms with van der Waals surface area (Å²) in [7, 11) is -3.41. The summed E-state index contributed by atoms with van der Waals surface area (Å²) in [6, 6.07) is 6.75. The standard InChI is InChI=1S/C14H24N2O3S/c1-4-9-15-20(18,19)14-7-5-13(6-8-14)16-12(3)11(2)10-17/h5-8,11-12,15-17H,4,9-10H2,1-3H3. The van der Waals surface area contributed by atoms with E-state index in [1.54, 1.807) is 24.3 Å². The summed E-state index contributed by atoms with van der Waals surface area (Å²) in [6.45, 7) is 6.40. The van der Waals surface area contributed by atoms with Crippen molar-refractivity contribution in [3.8, 4) is 0 Å². The van der Waals surface area contributed by atoms with E-state index in [2.05, 4.69) is 10.0 Å². The van der Waals surface area contributed by atoms with Gasteiger partial charge in [-0.3, -0.25) is 0 Å². The molecule has 1 rings (SSSR count). The Morgan fingerprint density at radius 3 is 2.30 bits per heavy atom. The molecule has 0 aliphatic carbocycles. The number of sulfonamides is 1. The zero-order valence-corrected chi connectivity index (χ0v) is 13.1. The number of benzene rings is 1. The second-order valence-electron chi connectivity index (χ2n) is 5.02. The number of aliphatic hydroxyl groups is 1. The highest BCUT2D eigenvalue weighted by molar-refractivity contribution is 7.89. The Morgan fingerprint density at radius 1 is 1.20 bits per heavy atom. The molecule has 0 saturated carbocycles. The van der Waals surface area contributed by atoms with Crippen LogP contribution >= 0.6 is 0 Å². The third-order valence-electron chi connectivity index (χ3n) is 3.24. The van der Waals surface area contributed by atoms with E-state index in [1.165, 1.54) is 0 Å². The molecular weight excluding hydrogens is 276 g/mol. The van der Waals surface area contributed by atoms with Gasteiger partial charge in [-0.05, 0) is 43.5 Å². The third kappa shape index (κ3) is 4.77. The number of nitrogens with one attached hydrogen (secondary N) is 2. The first-order chi connectivity index (χ1) is 9.40. The number of anilines is 1. The van der Waals surface area contributed by atoms with Gasteiger partial charge in [0, 0.05) is 24.9 Å². The van der Waals surface area contributed by atoms with Crippen LogP contribution in [0.25, 0.3) is 0 Å². The van der Waals surface area contributed by atoms with Gasteiger partial charge in [-0.2, -0.15) is 0 Å². The molecule has 0 aliphatic heterocycles. The first kappa shape index (κ1) is 16.9. The maximum absolute atomic E-state index is 11.9. The van der Waals surface area contributed by atoms with Crippen LogP contribution < -0.4 is 10.0 Å². The van der Waals surface area contributed by atoms with Gasteiger partial charge in [0.25, 0.3) is 0 Å². The SMILES string of the molecule is CCCNS(=O)(=O)c1ccc(NC(C)C(C)CO)cc1. The van der Waals surface area contributed by atoms with Crippen LogP contribution in [0.4, 0.5) is 5.69 Å². The van der Waals surface area contributed by atoms with E-state index in [-0.39, 0.29) is 23.5 Å². The van der Waals surface area contributed by atoms with Gasteiger partial charge >= 0.3 is 0 Å². The van der Waals surface area contributed by atoms with E-state index in [4.69, 9.17) is 5.11 Å². The van der Waals surface area contributed by atoms with Gasteiger partial charge in [-0.15, -0.1) is 0 Å². The molecule has 0 spiro atoms. The first-order valence-electron chi connectivity index (χ1n) is 6.87. The fourth-order valence-corrected chi connectivity index (χ4v) is 2.75. The molecule has 6 heteroatoms. The second-order valence-corrected chi connectivity index (χ2v) is 6.78. The van der Waals surface area contributed by atoms with Crippen LogP contribution in [-0.2, 0) is 10.0 Å². The van der Waals surface area contributed by atoms with Crippen molar-refractivity contribution in [2.75, 3.05) is 18.5 Å². The predicted octanol–water partition coefficient (Wildman–Crippen LogP) is 1.80. The lowest BCUT2D eigenvalue weighted by atomic mass is 10.1. The summed E-state index contributed by atoms with van der Waals surface area (Å²) < 4.78 is 26.4. The molecule has 0 aromatic heterocycles. The molecule has 0 heterocycles. The summed E-state index contributed by atoms with van der Waals surface area (Å²) in [4.78, 5) is 0.263. The molecular formula is C14H24N2O3S. The molecule has 1 aromatic rings. The normalized spacial score (nSPS) is 14.8. The number of aliphatic hydroxyl groups excluding tert-OH is 1. The molecule has 1 aromatic carbocycles. The van der Waals surface area contributed by atoms with Crippen LogP contribution in [0.3, 0.4) is 0 Å². The summed E-state index contributed by atoms with van der Waals surface area (Å²) in [5, 5.41) is 12.3. The third-order valence-corrected chi connectivity index (χ3v) is 4.72. The fraction of sp³-hybridized carbons (Fsp3) is 0.571. The fourth-order valence-electron chi connectivity index (χ4n) is 1.61. The Balaban J connectivity index is 2.74. The topological polar surface area (TPSA) is 78.4 Å². The van der Waals surface area contributed by atoms with E-state index in [0.29, 0.717) is 6.54 Å². The predicted molar refractivity (Wildman–Crippen MR) is 81.3 cm³/mol. The molecule has 0 radical (unpaired) electrons.